The van der Waals surface area contributed by atoms with Crippen LogP contribution in [0.2, 0.25) is 0 Å². The minimum absolute atomic E-state index is 0. The van der Waals surface area contributed by atoms with Crippen molar-refractivity contribution >= 4 is 29.9 Å². The lowest BCUT2D eigenvalue weighted by atomic mass is 9.82. The zero-order valence-electron chi connectivity index (χ0n) is 15.5. The van der Waals surface area contributed by atoms with Gasteiger partial charge in [-0.25, -0.2) is 0 Å². The maximum atomic E-state index is 5.71. The minimum atomic E-state index is 0. The van der Waals surface area contributed by atoms with Crippen molar-refractivity contribution < 1.29 is 4.74 Å². The van der Waals surface area contributed by atoms with Gasteiger partial charge in [-0.1, -0.05) is 37.3 Å². The molecule has 0 amide bonds. The third-order valence-electron chi connectivity index (χ3n) is 5.24. The third-order valence-corrected chi connectivity index (χ3v) is 5.24. The first-order valence-electron chi connectivity index (χ1n) is 9.47. The molecule has 2 aliphatic rings. The molecule has 140 valence electrons. The number of hydrogen-bond acceptors (Lipinski definition) is 2. The second-order valence-electron chi connectivity index (χ2n) is 7.06. The Balaban J connectivity index is 0.00000225. The van der Waals surface area contributed by atoms with Crippen LogP contribution >= 0.6 is 24.0 Å². The summed E-state index contributed by atoms with van der Waals surface area (Å²) in [6.45, 7) is 9.25. The summed E-state index contributed by atoms with van der Waals surface area (Å²) in [7, 11) is 0. The summed E-state index contributed by atoms with van der Waals surface area (Å²) in [5.41, 5.74) is 1.48. The third kappa shape index (κ3) is 5.58. The molecule has 2 heterocycles. The van der Waals surface area contributed by atoms with Crippen molar-refractivity contribution in [1.29, 1.82) is 0 Å². The molecule has 0 spiro atoms. The van der Waals surface area contributed by atoms with Gasteiger partial charge in [0.25, 0.3) is 0 Å². The largest absolute Gasteiger partial charge is 0.376 e. The van der Waals surface area contributed by atoms with E-state index in [1.165, 1.54) is 18.4 Å². The van der Waals surface area contributed by atoms with Gasteiger partial charge in [-0.3, -0.25) is 4.99 Å². The van der Waals surface area contributed by atoms with E-state index in [-0.39, 0.29) is 24.0 Å². The molecule has 1 N–H and O–H groups in total. The van der Waals surface area contributed by atoms with Crippen LogP contribution in [0.5, 0.6) is 0 Å². The number of benzene rings is 1. The first-order chi connectivity index (χ1) is 11.8. The maximum Gasteiger partial charge on any atom is 0.194 e. The molecule has 1 aromatic rings. The first kappa shape index (κ1) is 20.5. The Kier molecular flexibility index (Phi) is 8.49. The summed E-state index contributed by atoms with van der Waals surface area (Å²) in [5, 5.41) is 3.47. The number of halogens is 1. The Morgan fingerprint density at radius 3 is 2.72 bits per heavy atom. The smallest absolute Gasteiger partial charge is 0.194 e. The number of aliphatic imine (C=N–C) groups is 1. The fourth-order valence-electron chi connectivity index (χ4n) is 3.94. The Bertz CT molecular complexity index is 531. The number of nitrogens with zero attached hydrogens (tertiary/aromatic N) is 2. The molecule has 2 aliphatic heterocycles. The SMILES string of the molecule is CCNC(=NCC1CCCO1)N1CCC(c2ccccc2)C(C)C1.I. The molecule has 5 heteroatoms. The quantitative estimate of drug-likeness (QED) is 0.424. The van der Waals surface area contributed by atoms with Crippen LogP contribution in [-0.2, 0) is 4.74 Å². The lowest BCUT2D eigenvalue weighted by Crippen LogP contribution is -2.48. The number of likely N-dealkylation sites (tertiary alicyclic amines) is 1. The van der Waals surface area contributed by atoms with E-state index in [0.29, 0.717) is 17.9 Å². The van der Waals surface area contributed by atoms with E-state index in [4.69, 9.17) is 9.73 Å². The Morgan fingerprint density at radius 2 is 2.08 bits per heavy atom. The minimum Gasteiger partial charge on any atom is -0.376 e. The van der Waals surface area contributed by atoms with Gasteiger partial charge in [0.2, 0.25) is 0 Å². The highest BCUT2D eigenvalue weighted by Gasteiger charge is 2.28. The molecule has 2 fully saturated rings. The van der Waals surface area contributed by atoms with Gasteiger partial charge >= 0.3 is 0 Å². The molecule has 3 unspecified atom stereocenters. The summed E-state index contributed by atoms with van der Waals surface area (Å²) in [5.74, 6) is 2.35. The molecule has 0 aliphatic carbocycles. The highest BCUT2D eigenvalue weighted by atomic mass is 127. The van der Waals surface area contributed by atoms with Crippen LogP contribution < -0.4 is 5.32 Å². The molecular weight excluding hydrogens is 425 g/mol. The molecule has 3 rings (SSSR count). The summed E-state index contributed by atoms with van der Waals surface area (Å²) < 4.78 is 5.71. The molecule has 3 atom stereocenters. The van der Waals surface area contributed by atoms with Crippen LogP contribution in [0, 0.1) is 5.92 Å². The van der Waals surface area contributed by atoms with Gasteiger partial charge in [0.1, 0.15) is 0 Å². The molecule has 25 heavy (non-hydrogen) atoms. The average molecular weight is 457 g/mol. The molecule has 1 aromatic carbocycles. The van der Waals surface area contributed by atoms with Gasteiger partial charge in [0.15, 0.2) is 5.96 Å². The van der Waals surface area contributed by atoms with E-state index in [0.717, 1.165) is 45.2 Å². The fourth-order valence-corrected chi connectivity index (χ4v) is 3.94. The van der Waals surface area contributed by atoms with Crippen molar-refractivity contribution in [3.63, 3.8) is 0 Å². The highest BCUT2D eigenvalue weighted by molar-refractivity contribution is 14.0. The number of nitrogens with one attached hydrogen (secondary N) is 1. The molecule has 4 nitrogen and oxygen atoms in total. The summed E-state index contributed by atoms with van der Waals surface area (Å²) >= 11 is 0. The van der Waals surface area contributed by atoms with E-state index >= 15 is 0 Å². The van der Waals surface area contributed by atoms with Crippen LogP contribution in [-0.4, -0.2) is 49.7 Å². The van der Waals surface area contributed by atoms with Crippen LogP contribution in [0.1, 0.15) is 44.6 Å². The van der Waals surface area contributed by atoms with Crippen LogP contribution in [0.3, 0.4) is 0 Å². The average Bonchev–Trinajstić information content (AvgIpc) is 3.13. The van der Waals surface area contributed by atoms with E-state index in [2.05, 4.69) is 54.4 Å². The number of piperidine rings is 1. The topological polar surface area (TPSA) is 36.9 Å². The summed E-state index contributed by atoms with van der Waals surface area (Å²) in [6, 6.07) is 11.0. The van der Waals surface area contributed by atoms with Crippen LogP contribution in [0.25, 0.3) is 0 Å². The molecule has 0 bridgehead atoms. The van der Waals surface area contributed by atoms with Gasteiger partial charge in [0, 0.05) is 26.2 Å². The van der Waals surface area contributed by atoms with E-state index in [9.17, 15) is 0 Å². The van der Waals surface area contributed by atoms with Crippen molar-refractivity contribution in [2.75, 3.05) is 32.8 Å². The molecule has 0 saturated carbocycles. The van der Waals surface area contributed by atoms with Crippen LogP contribution in [0.4, 0.5) is 0 Å². The summed E-state index contributed by atoms with van der Waals surface area (Å²) in [4.78, 5) is 7.29. The zero-order valence-corrected chi connectivity index (χ0v) is 17.8. The predicted octanol–water partition coefficient (Wildman–Crippen LogP) is 3.87. The second kappa shape index (κ2) is 10.4. The Morgan fingerprint density at radius 1 is 1.28 bits per heavy atom. The predicted molar refractivity (Wildman–Crippen MR) is 115 cm³/mol. The number of rotatable bonds is 4. The normalized spacial score (nSPS) is 27.0. The molecular formula is C20H32IN3O. The van der Waals surface area contributed by atoms with E-state index in [1.807, 2.05) is 0 Å². The summed E-state index contributed by atoms with van der Waals surface area (Å²) in [6.07, 6.45) is 3.83. The zero-order chi connectivity index (χ0) is 16.8. The van der Waals surface area contributed by atoms with Gasteiger partial charge in [-0.2, -0.15) is 0 Å². The van der Waals surface area contributed by atoms with Crippen LogP contribution in [0.15, 0.2) is 35.3 Å². The second-order valence-corrected chi connectivity index (χ2v) is 7.06. The monoisotopic (exact) mass is 457 g/mol. The van der Waals surface area contributed by atoms with Gasteiger partial charge < -0.3 is 15.0 Å². The molecule has 2 saturated heterocycles. The Labute approximate surface area is 169 Å². The lowest BCUT2D eigenvalue weighted by Gasteiger charge is -2.39. The molecule has 0 radical (unpaired) electrons. The standard InChI is InChI=1S/C20H31N3O.HI/c1-3-21-20(22-14-18-10-7-13-24-18)23-12-11-19(16(2)15-23)17-8-5-4-6-9-17;/h4-6,8-9,16,18-19H,3,7,10-15H2,1-2H3,(H,21,22);1H. The lowest BCUT2D eigenvalue weighted by molar-refractivity contribution is 0.117. The van der Waals surface area contributed by atoms with Gasteiger partial charge in [0.05, 0.1) is 12.6 Å². The first-order valence-corrected chi connectivity index (χ1v) is 9.47. The maximum absolute atomic E-state index is 5.71. The van der Waals surface area contributed by atoms with Crippen molar-refractivity contribution in [3.05, 3.63) is 35.9 Å². The van der Waals surface area contributed by atoms with Gasteiger partial charge in [-0.15, -0.1) is 24.0 Å². The van der Waals surface area contributed by atoms with E-state index < -0.39 is 0 Å². The number of guanidine groups is 1. The van der Waals surface area contributed by atoms with E-state index in [1.54, 1.807) is 0 Å². The Hall–Kier alpha value is -0.820. The number of hydrogen-bond donors (Lipinski definition) is 1. The number of ether oxygens (including phenoxy) is 1. The van der Waals surface area contributed by atoms with Gasteiger partial charge in [-0.05, 0) is 43.6 Å². The van der Waals surface area contributed by atoms with Crippen molar-refractivity contribution in [2.24, 2.45) is 10.9 Å². The van der Waals surface area contributed by atoms with Crippen molar-refractivity contribution in [2.45, 2.75) is 45.1 Å². The highest BCUT2D eigenvalue weighted by Crippen LogP contribution is 2.32. The molecule has 0 aromatic heterocycles. The van der Waals surface area contributed by atoms with Crippen molar-refractivity contribution in [1.82, 2.24) is 10.2 Å². The fraction of sp³-hybridized carbons (Fsp3) is 0.650. The van der Waals surface area contributed by atoms with Crippen molar-refractivity contribution in [3.8, 4) is 0 Å².